The predicted molar refractivity (Wildman–Crippen MR) is 103 cm³/mol. The van der Waals surface area contributed by atoms with Gasteiger partial charge in [0.1, 0.15) is 18.8 Å². The average Bonchev–Trinajstić information content (AvgIpc) is 2.67. The SMILES string of the molecule is CC(=O)OC[C@H]1OC(OC(C)=O)[C@H](OC(C)=O)[C@@H](OCc2ccccc2)[C@@H]1OC(C)=O. The molecular weight excluding hydrogens is 412 g/mol. The summed E-state index contributed by atoms with van der Waals surface area (Å²) in [5.74, 6) is -2.61. The molecule has 2 rings (SSSR count). The summed E-state index contributed by atoms with van der Waals surface area (Å²) in [5, 5.41) is 0. The van der Waals surface area contributed by atoms with Crippen LogP contribution in [-0.4, -0.2) is 61.2 Å². The summed E-state index contributed by atoms with van der Waals surface area (Å²) >= 11 is 0. The Kier molecular flexibility index (Phi) is 8.95. The van der Waals surface area contributed by atoms with E-state index in [9.17, 15) is 19.2 Å². The van der Waals surface area contributed by atoms with Crippen LogP contribution in [0.4, 0.5) is 0 Å². The van der Waals surface area contributed by atoms with Gasteiger partial charge in [0.2, 0.25) is 6.29 Å². The van der Waals surface area contributed by atoms with Crippen LogP contribution < -0.4 is 0 Å². The van der Waals surface area contributed by atoms with Gasteiger partial charge in [0.15, 0.2) is 12.2 Å². The lowest BCUT2D eigenvalue weighted by Crippen LogP contribution is -2.62. The zero-order valence-electron chi connectivity index (χ0n) is 17.8. The van der Waals surface area contributed by atoms with Crippen molar-refractivity contribution in [3.63, 3.8) is 0 Å². The van der Waals surface area contributed by atoms with Crippen molar-refractivity contribution >= 4 is 23.9 Å². The van der Waals surface area contributed by atoms with E-state index >= 15 is 0 Å². The van der Waals surface area contributed by atoms with Crippen molar-refractivity contribution in [3.05, 3.63) is 35.9 Å². The summed E-state index contributed by atoms with van der Waals surface area (Å²) in [4.78, 5) is 46.4. The fourth-order valence-electron chi connectivity index (χ4n) is 3.08. The largest absolute Gasteiger partial charge is 0.463 e. The number of carbonyl (C=O) groups is 4. The lowest BCUT2D eigenvalue weighted by Gasteiger charge is -2.44. The number of carbonyl (C=O) groups excluding carboxylic acids is 4. The second-order valence-corrected chi connectivity index (χ2v) is 6.86. The van der Waals surface area contributed by atoms with Gasteiger partial charge >= 0.3 is 23.9 Å². The lowest BCUT2D eigenvalue weighted by molar-refractivity contribution is -0.305. The van der Waals surface area contributed by atoms with Gasteiger partial charge in [-0.15, -0.1) is 0 Å². The molecule has 1 saturated heterocycles. The molecule has 1 aliphatic heterocycles. The summed E-state index contributed by atoms with van der Waals surface area (Å²) in [5.41, 5.74) is 0.803. The highest BCUT2D eigenvalue weighted by Crippen LogP contribution is 2.30. The van der Waals surface area contributed by atoms with Crippen molar-refractivity contribution in [2.24, 2.45) is 0 Å². The number of esters is 4. The quantitative estimate of drug-likeness (QED) is 0.433. The highest BCUT2D eigenvalue weighted by Gasteiger charge is 2.52. The summed E-state index contributed by atoms with van der Waals surface area (Å²) in [7, 11) is 0. The molecule has 0 saturated carbocycles. The smallest absolute Gasteiger partial charge is 0.305 e. The van der Waals surface area contributed by atoms with E-state index in [0.29, 0.717) is 0 Å². The van der Waals surface area contributed by atoms with Crippen LogP contribution >= 0.6 is 0 Å². The van der Waals surface area contributed by atoms with Crippen LogP contribution in [-0.2, 0) is 54.2 Å². The first-order valence-corrected chi connectivity index (χ1v) is 9.63. The highest BCUT2D eigenvalue weighted by molar-refractivity contribution is 5.68. The summed E-state index contributed by atoms with van der Waals surface area (Å²) in [6.07, 6.45) is -5.83. The van der Waals surface area contributed by atoms with Crippen LogP contribution in [0.3, 0.4) is 0 Å². The Balaban J connectivity index is 2.38. The van der Waals surface area contributed by atoms with Gasteiger partial charge in [-0.05, 0) is 5.56 Å². The van der Waals surface area contributed by atoms with E-state index in [1.165, 1.54) is 20.8 Å². The maximum absolute atomic E-state index is 11.8. The molecule has 0 aliphatic carbocycles. The number of hydrogen-bond acceptors (Lipinski definition) is 10. The van der Waals surface area contributed by atoms with Crippen LogP contribution in [0.15, 0.2) is 30.3 Å². The maximum atomic E-state index is 11.8. The Labute approximate surface area is 179 Å². The van der Waals surface area contributed by atoms with Gasteiger partial charge in [-0.25, -0.2) is 0 Å². The molecule has 0 N–H and O–H groups in total. The van der Waals surface area contributed by atoms with E-state index in [1.54, 1.807) is 0 Å². The number of rotatable bonds is 8. The number of hydrogen-bond donors (Lipinski definition) is 0. The minimum atomic E-state index is -1.37. The number of ether oxygens (including phenoxy) is 6. The van der Waals surface area contributed by atoms with E-state index in [4.69, 9.17) is 28.4 Å². The molecule has 0 radical (unpaired) electrons. The molecule has 1 heterocycles. The first kappa shape index (κ1) is 24.3. The van der Waals surface area contributed by atoms with Gasteiger partial charge in [-0.1, -0.05) is 30.3 Å². The monoisotopic (exact) mass is 438 g/mol. The Morgan fingerprint density at radius 2 is 1.35 bits per heavy atom. The molecule has 1 aromatic rings. The highest BCUT2D eigenvalue weighted by atomic mass is 16.7. The molecule has 10 nitrogen and oxygen atoms in total. The van der Waals surface area contributed by atoms with Crippen molar-refractivity contribution < 1.29 is 47.6 Å². The van der Waals surface area contributed by atoms with Crippen molar-refractivity contribution in [2.45, 2.75) is 65.0 Å². The minimum absolute atomic E-state index is 0.0775. The molecule has 31 heavy (non-hydrogen) atoms. The summed E-state index contributed by atoms with van der Waals surface area (Å²) in [6.45, 7) is 4.50. The standard InChI is InChI=1S/C21H26O10/c1-12(22)26-11-17-18(28-13(2)23)19(27-10-16-8-6-5-7-9-16)20(29-14(3)24)21(31-17)30-15(4)25/h5-9,17-21H,10-11H2,1-4H3/t17-,18-,19+,20-,21?/m1/s1. The van der Waals surface area contributed by atoms with E-state index in [2.05, 4.69) is 0 Å². The third-order valence-electron chi connectivity index (χ3n) is 4.21. The summed E-state index contributed by atoms with van der Waals surface area (Å²) in [6, 6.07) is 9.12. The third kappa shape index (κ3) is 7.65. The zero-order valence-corrected chi connectivity index (χ0v) is 17.8. The fraction of sp³-hybridized carbons (Fsp3) is 0.524. The van der Waals surface area contributed by atoms with Gasteiger partial charge in [-0.2, -0.15) is 0 Å². The molecule has 10 heteroatoms. The first-order chi connectivity index (χ1) is 14.7. The average molecular weight is 438 g/mol. The molecule has 0 amide bonds. The summed E-state index contributed by atoms with van der Waals surface area (Å²) < 4.78 is 32.6. The molecule has 170 valence electrons. The Bertz CT molecular complexity index is 778. The molecule has 5 atom stereocenters. The molecule has 0 spiro atoms. The van der Waals surface area contributed by atoms with Crippen molar-refractivity contribution in [1.82, 2.24) is 0 Å². The minimum Gasteiger partial charge on any atom is -0.463 e. The van der Waals surface area contributed by atoms with Crippen LogP contribution in [0.2, 0.25) is 0 Å². The molecule has 1 aliphatic rings. The Morgan fingerprint density at radius 1 is 0.774 bits per heavy atom. The third-order valence-corrected chi connectivity index (χ3v) is 4.21. The van der Waals surface area contributed by atoms with E-state index in [0.717, 1.165) is 12.5 Å². The van der Waals surface area contributed by atoms with Crippen LogP contribution in [0.1, 0.15) is 33.3 Å². The second kappa shape index (κ2) is 11.4. The number of benzene rings is 1. The maximum Gasteiger partial charge on any atom is 0.305 e. The van der Waals surface area contributed by atoms with Crippen molar-refractivity contribution in [2.75, 3.05) is 6.61 Å². The van der Waals surface area contributed by atoms with Crippen molar-refractivity contribution in [1.29, 1.82) is 0 Å². The van der Waals surface area contributed by atoms with E-state index in [1.807, 2.05) is 30.3 Å². The Morgan fingerprint density at radius 3 is 1.90 bits per heavy atom. The van der Waals surface area contributed by atoms with Gasteiger partial charge in [0.25, 0.3) is 0 Å². The first-order valence-electron chi connectivity index (χ1n) is 9.63. The zero-order chi connectivity index (χ0) is 23.0. The van der Waals surface area contributed by atoms with Crippen LogP contribution in [0, 0.1) is 0 Å². The molecular formula is C21H26O10. The van der Waals surface area contributed by atoms with E-state index < -0.39 is 54.6 Å². The normalized spacial score (nSPS) is 25.2. The molecule has 0 aromatic heterocycles. The van der Waals surface area contributed by atoms with Crippen LogP contribution in [0.25, 0.3) is 0 Å². The topological polar surface area (TPSA) is 124 Å². The Hall–Kier alpha value is -2.98. The lowest BCUT2D eigenvalue weighted by atomic mass is 9.98. The van der Waals surface area contributed by atoms with Crippen molar-refractivity contribution in [3.8, 4) is 0 Å². The molecule has 1 unspecified atom stereocenters. The second-order valence-electron chi connectivity index (χ2n) is 6.86. The van der Waals surface area contributed by atoms with Gasteiger partial charge in [0.05, 0.1) is 6.61 Å². The fourth-order valence-corrected chi connectivity index (χ4v) is 3.08. The van der Waals surface area contributed by atoms with Crippen LogP contribution in [0.5, 0.6) is 0 Å². The van der Waals surface area contributed by atoms with E-state index in [-0.39, 0.29) is 13.2 Å². The van der Waals surface area contributed by atoms with Gasteiger partial charge < -0.3 is 28.4 Å². The molecule has 1 aromatic carbocycles. The predicted octanol–water partition coefficient (Wildman–Crippen LogP) is 1.29. The van der Waals surface area contributed by atoms with Gasteiger partial charge in [-0.3, -0.25) is 19.2 Å². The molecule has 0 bridgehead atoms. The molecule has 1 fully saturated rings. The van der Waals surface area contributed by atoms with Gasteiger partial charge in [0, 0.05) is 27.7 Å².